The first-order valence-corrected chi connectivity index (χ1v) is 7.13. The molecule has 0 aliphatic heterocycles. The van der Waals surface area contributed by atoms with Crippen LogP contribution in [0.5, 0.6) is 0 Å². The first-order valence-electron chi connectivity index (χ1n) is 6.75. The molecule has 0 radical (unpaired) electrons. The minimum absolute atomic E-state index is 0.329. The summed E-state index contributed by atoms with van der Waals surface area (Å²) in [5.41, 5.74) is 7.34. The highest BCUT2D eigenvalue weighted by atomic mass is 35.5. The molecule has 0 spiro atoms. The number of nitrogens with zero attached hydrogens (tertiary/aromatic N) is 1. The van der Waals surface area contributed by atoms with Gasteiger partial charge in [-0.3, -0.25) is 4.90 Å². The first-order chi connectivity index (χ1) is 8.54. The van der Waals surface area contributed by atoms with Crippen molar-refractivity contribution in [1.82, 2.24) is 4.90 Å². The topological polar surface area (TPSA) is 29.3 Å². The summed E-state index contributed by atoms with van der Waals surface area (Å²) < 4.78 is 0. The molecule has 0 bridgehead atoms. The summed E-state index contributed by atoms with van der Waals surface area (Å²) in [6.07, 6.45) is 3.34. The van der Waals surface area contributed by atoms with Crippen LogP contribution in [-0.4, -0.2) is 24.5 Å². The van der Waals surface area contributed by atoms with E-state index >= 15 is 0 Å². The molecule has 0 aliphatic carbocycles. The van der Waals surface area contributed by atoms with Crippen LogP contribution >= 0.6 is 11.6 Å². The average Bonchev–Trinajstić information content (AvgIpc) is 2.36. The fraction of sp³-hybridized carbons (Fsp3) is 0.600. The van der Waals surface area contributed by atoms with Crippen LogP contribution in [0, 0.1) is 0 Å². The van der Waals surface area contributed by atoms with Crippen molar-refractivity contribution in [2.24, 2.45) is 5.73 Å². The van der Waals surface area contributed by atoms with E-state index in [0.717, 1.165) is 30.8 Å². The van der Waals surface area contributed by atoms with Gasteiger partial charge in [-0.1, -0.05) is 37.1 Å². The average molecular weight is 269 g/mol. The second kappa shape index (κ2) is 7.78. The maximum Gasteiger partial charge on any atom is 0.0406 e. The van der Waals surface area contributed by atoms with E-state index in [2.05, 4.69) is 37.9 Å². The maximum absolute atomic E-state index is 6.05. The standard InChI is InChI=1S/C15H25ClN2/c1-4-5-15(17)10-11-18(3)12(2)13-6-8-14(16)9-7-13/h6-9,12,15H,4-5,10-11,17H2,1-3H3. The third-order valence-corrected chi connectivity index (χ3v) is 3.78. The Balaban J connectivity index is 2.45. The Bertz CT molecular complexity index is 337. The van der Waals surface area contributed by atoms with Gasteiger partial charge in [-0.15, -0.1) is 0 Å². The predicted molar refractivity (Wildman–Crippen MR) is 80.0 cm³/mol. The summed E-state index contributed by atoms with van der Waals surface area (Å²) in [6, 6.07) is 8.81. The molecule has 0 fully saturated rings. The molecule has 2 N–H and O–H groups in total. The largest absolute Gasteiger partial charge is 0.328 e. The van der Waals surface area contributed by atoms with Crippen molar-refractivity contribution in [1.29, 1.82) is 0 Å². The fourth-order valence-corrected chi connectivity index (χ4v) is 2.20. The number of benzene rings is 1. The Morgan fingerprint density at radius 3 is 2.39 bits per heavy atom. The lowest BCUT2D eigenvalue weighted by Crippen LogP contribution is -2.29. The van der Waals surface area contributed by atoms with Gasteiger partial charge >= 0.3 is 0 Å². The molecule has 0 saturated heterocycles. The molecule has 3 heteroatoms. The van der Waals surface area contributed by atoms with E-state index in [1.54, 1.807) is 0 Å². The summed E-state index contributed by atoms with van der Waals surface area (Å²) in [4.78, 5) is 2.35. The molecule has 2 atom stereocenters. The lowest BCUT2D eigenvalue weighted by molar-refractivity contribution is 0.249. The minimum atomic E-state index is 0.329. The molecule has 0 heterocycles. The van der Waals surface area contributed by atoms with E-state index in [0.29, 0.717) is 12.1 Å². The van der Waals surface area contributed by atoms with Crippen LogP contribution in [0.15, 0.2) is 24.3 Å². The second-order valence-electron chi connectivity index (χ2n) is 5.05. The van der Waals surface area contributed by atoms with Gasteiger partial charge in [0.05, 0.1) is 0 Å². The van der Waals surface area contributed by atoms with Crippen LogP contribution in [0.3, 0.4) is 0 Å². The zero-order chi connectivity index (χ0) is 13.5. The van der Waals surface area contributed by atoms with Gasteiger partial charge in [0, 0.05) is 17.1 Å². The number of rotatable bonds is 7. The molecule has 1 aromatic carbocycles. The van der Waals surface area contributed by atoms with E-state index < -0.39 is 0 Å². The van der Waals surface area contributed by atoms with Crippen molar-refractivity contribution in [3.8, 4) is 0 Å². The van der Waals surface area contributed by atoms with Crippen molar-refractivity contribution in [3.63, 3.8) is 0 Å². The van der Waals surface area contributed by atoms with E-state index in [9.17, 15) is 0 Å². The lowest BCUT2D eigenvalue weighted by Gasteiger charge is -2.26. The highest BCUT2D eigenvalue weighted by Gasteiger charge is 2.12. The van der Waals surface area contributed by atoms with Crippen molar-refractivity contribution >= 4 is 11.6 Å². The fourth-order valence-electron chi connectivity index (χ4n) is 2.07. The summed E-state index contributed by atoms with van der Waals surface area (Å²) in [5.74, 6) is 0. The third-order valence-electron chi connectivity index (χ3n) is 3.53. The van der Waals surface area contributed by atoms with Gasteiger partial charge in [-0.25, -0.2) is 0 Å². The molecule has 0 saturated carbocycles. The molecule has 1 rings (SSSR count). The van der Waals surface area contributed by atoms with E-state index in [4.69, 9.17) is 17.3 Å². The summed E-state index contributed by atoms with van der Waals surface area (Å²) in [6.45, 7) is 5.43. The number of hydrogen-bond donors (Lipinski definition) is 1. The molecule has 102 valence electrons. The van der Waals surface area contributed by atoms with Gasteiger partial charge in [0.1, 0.15) is 0 Å². The second-order valence-corrected chi connectivity index (χ2v) is 5.48. The minimum Gasteiger partial charge on any atom is -0.328 e. The number of nitrogens with two attached hydrogens (primary N) is 1. The SMILES string of the molecule is CCCC(N)CCN(C)C(C)c1ccc(Cl)cc1. The van der Waals surface area contributed by atoms with Gasteiger partial charge < -0.3 is 5.73 Å². The van der Waals surface area contributed by atoms with Crippen LogP contribution in [0.25, 0.3) is 0 Å². The van der Waals surface area contributed by atoms with Crippen LogP contribution in [0.4, 0.5) is 0 Å². The highest BCUT2D eigenvalue weighted by Crippen LogP contribution is 2.21. The number of hydrogen-bond acceptors (Lipinski definition) is 2. The lowest BCUT2D eigenvalue weighted by atomic mass is 10.1. The summed E-state index contributed by atoms with van der Waals surface area (Å²) >= 11 is 5.90. The Kier molecular flexibility index (Phi) is 6.69. The maximum atomic E-state index is 6.05. The zero-order valence-electron chi connectivity index (χ0n) is 11.7. The van der Waals surface area contributed by atoms with Crippen molar-refractivity contribution in [2.45, 2.75) is 45.2 Å². The van der Waals surface area contributed by atoms with E-state index in [1.807, 2.05) is 12.1 Å². The van der Waals surface area contributed by atoms with Gasteiger partial charge in [0.25, 0.3) is 0 Å². The third kappa shape index (κ3) is 4.97. The van der Waals surface area contributed by atoms with E-state index in [-0.39, 0.29) is 0 Å². The molecular formula is C15H25ClN2. The van der Waals surface area contributed by atoms with E-state index in [1.165, 1.54) is 5.56 Å². The Morgan fingerprint density at radius 1 is 1.22 bits per heavy atom. The summed E-state index contributed by atoms with van der Waals surface area (Å²) in [5, 5.41) is 0.790. The monoisotopic (exact) mass is 268 g/mol. The quantitative estimate of drug-likeness (QED) is 0.814. The van der Waals surface area contributed by atoms with Crippen LogP contribution in [-0.2, 0) is 0 Å². The van der Waals surface area contributed by atoms with Crippen molar-refractivity contribution < 1.29 is 0 Å². The molecule has 0 amide bonds. The molecule has 2 nitrogen and oxygen atoms in total. The Morgan fingerprint density at radius 2 is 1.83 bits per heavy atom. The number of halogens is 1. The normalized spacial score (nSPS) is 14.8. The van der Waals surface area contributed by atoms with Crippen molar-refractivity contribution in [2.75, 3.05) is 13.6 Å². The van der Waals surface area contributed by atoms with Crippen LogP contribution < -0.4 is 5.73 Å². The molecule has 1 aromatic rings. The molecule has 0 aromatic heterocycles. The van der Waals surface area contributed by atoms with Crippen LogP contribution in [0.2, 0.25) is 5.02 Å². The Labute approximate surface area is 116 Å². The molecule has 0 aliphatic rings. The van der Waals surface area contributed by atoms with Crippen LogP contribution in [0.1, 0.15) is 44.7 Å². The van der Waals surface area contributed by atoms with Gasteiger partial charge in [-0.05, 0) is 51.1 Å². The van der Waals surface area contributed by atoms with Gasteiger partial charge in [0.2, 0.25) is 0 Å². The zero-order valence-corrected chi connectivity index (χ0v) is 12.5. The molecule has 2 unspecified atom stereocenters. The Hall–Kier alpha value is -0.570. The smallest absolute Gasteiger partial charge is 0.0406 e. The first kappa shape index (κ1) is 15.5. The van der Waals surface area contributed by atoms with Gasteiger partial charge in [0.15, 0.2) is 0 Å². The highest BCUT2D eigenvalue weighted by molar-refractivity contribution is 6.30. The summed E-state index contributed by atoms with van der Waals surface area (Å²) in [7, 11) is 2.15. The van der Waals surface area contributed by atoms with Crippen molar-refractivity contribution in [3.05, 3.63) is 34.9 Å². The predicted octanol–water partition coefficient (Wildman–Crippen LogP) is 3.85. The molecule has 18 heavy (non-hydrogen) atoms. The molecular weight excluding hydrogens is 244 g/mol. The van der Waals surface area contributed by atoms with Gasteiger partial charge in [-0.2, -0.15) is 0 Å².